The normalized spacial score (nSPS) is 12.2. The second-order valence-electron chi connectivity index (χ2n) is 12.5. The number of rotatable bonds is 5. The zero-order valence-corrected chi connectivity index (χ0v) is 28.1. The number of benzene rings is 7. The van der Waals surface area contributed by atoms with Crippen molar-refractivity contribution in [2.45, 2.75) is 9.79 Å². The monoisotopic (exact) mass is 672 g/mol. The lowest BCUT2D eigenvalue weighted by Gasteiger charge is -2.33. The maximum absolute atomic E-state index is 6.46. The van der Waals surface area contributed by atoms with Crippen LogP contribution in [0.2, 0.25) is 0 Å². The molecule has 0 radical (unpaired) electrons. The molecular weight excluding hydrogens is 645 g/mol. The zero-order valence-electron chi connectivity index (χ0n) is 27.3. The van der Waals surface area contributed by atoms with Gasteiger partial charge in [-0.3, -0.25) is 0 Å². The molecule has 6 heteroatoms. The van der Waals surface area contributed by atoms with Gasteiger partial charge >= 0.3 is 0 Å². The van der Waals surface area contributed by atoms with Crippen LogP contribution in [-0.4, -0.2) is 15.0 Å². The highest BCUT2D eigenvalue weighted by molar-refractivity contribution is 7.99. The summed E-state index contributed by atoms with van der Waals surface area (Å²) in [7, 11) is 0. The Balaban J connectivity index is 1.05. The van der Waals surface area contributed by atoms with Gasteiger partial charge in [0.15, 0.2) is 17.5 Å². The molecule has 0 amide bonds. The third-order valence-electron chi connectivity index (χ3n) is 9.30. The molecule has 5 nitrogen and oxygen atoms in total. The maximum Gasteiger partial charge on any atom is 0.164 e. The van der Waals surface area contributed by atoms with Crippen molar-refractivity contribution in [3.05, 3.63) is 170 Å². The molecule has 0 fully saturated rings. The van der Waals surface area contributed by atoms with Crippen molar-refractivity contribution in [2.24, 2.45) is 0 Å². The Morgan fingerprint density at radius 1 is 0.392 bits per heavy atom. The first-order valence-corrected chi connectivity index (χ1v) is 17.7. The van der Waals surface area contributed by atoms with Crippen LogP contribution in [0.3, 0.4) is 0 Å². The van der Waals surface area contributed by atoms with E-state index in [1.807, 2.05) is 78.5 Å². The number of para-hydroxylation sites is 2. The molecule has 3 heterocycles. The molecule has 0 saturated heterocycles. The fraction of sp³-hybridized carbons (Fsp3) is 0. The van der Waals surface area contributed by atoms with E-state index >= 15 is 0 Å². The van der Waals surface area contributed by atoms with E-state index in [1.165, 1.54) is 21.2 Å². The summed E-state index contributed by atoms with van der Waals surface area (Å²) >= 11 is 1.82. The van der Waals surface area contributed by atoms with Crippen molar-refractivity contribution in [3.63, 3.8) is 0 Å². The smallest absolute Gasteiger partial charge is 0.164 e. The van der Waals surface area contributed by atoms with Crippen LogP contribution in [0, 0.1) is 0 Å². The average molecular weight is 673 g/mol. The predicted octanol–water partition coefficient (Wildman–Crippen LogP) is 12.4. The van der Waals surface area contributed by atoms with Crippen molar-refractivity contribution >= 4 is 50.8 Å². The van der Waals surface area contributed by atoms with E-state index in [0.717, 1.165) is 55.4 Å². The largest absolute Gasteiger partial charge is 0.456 e. The van der Waals surface area contributed by atoms with Crippen LogP contribution in [0.5, 0.6) is 0 Å². The predicted molar refractivity (Wildman–Crippen MR) is 208 cm³/mol. The van der Waals surface area contributed by atoms with Gasteiger partial charge in [-0.1, -0.05) is 121 Å². The van der Waals surface area contributed by atoms with Crippen LogP contribution in [0.25, 0.3) is 67.2 Å². The highest BCUT2D eigenvalue weighted by atomic mass is 32.2. The number of furan rings is 1. The number of hydrogen-bond acceptors (Lipinski definition) is 6. The Hall–Kier alpha value is -6.50. The number of nitrogens with zero attached hydrogens (tertiary/aromatic N) is 4. The van der Waals surface area contributed by atoms with Gasteiger partial charge in [-0.2, -0.15) is 0 Å². The summed E-state index contributed by atoms with van der Waals surface area (Å²) < 4.78 is 6.46. The molecule has 9 aromatic rings. The van der Waals surface area contributed by atoms with Crippen LogP contribution in [0.4, 0.5) is 17.1 Å². The van der Waals surface area contributed by atoms with Crippen molar-refractivity contribution in [1.29, 1.82) is 0 Å². The molecule has 0 N–H and O–H groups in total. The standard InChI is InChI=1S/C45H28N4OS/c1-4-12-29(13-5-1)43-46-44(30-14-6-2-7-15-30)48-45(47-43)33-20-23-35-36-26-31(21-24-39(36)50-40(35)28-33)32-22-25-42-38(27-32)49(34-16-8-3-9-17-34)37-18-10-11-19-41(37)51-42/h1-28H. The highest BCUT2D eigenvalue weighted by Gasteiger charge is 2.25. The summed E-state index contributed by atoms with van der Waals surface area (Å²) in [6.45, 7) is 0. The SMILES string of the molecule is c1ccc(-c2nc(-c3ccccc3)nc(-c3ccc4c(c3)oc3ccc(-c5ccc6c(c5)N(c5ccccc5)c5ccccc5S6)cc34)n2)cc1. The third-order valence-corrected chi connectivity index (χ3v) is 10.4. The van der Waals surface area contributed by atoms with Crippen molar-refractivity contribution in [3.8, 4) is 45.3 Å². The van der Waals surface area contributed by atoms with Crippen LogP contribution < -0.4 is 4.90 Å². The summed E-state index contributed by atoms with van der Waals surface area (Å²) in [6.07, 6.45) is 0. The van der Waals surface area contributed by atoms with E-state index in [-0.39, 0.29) is 0 Å². The first kappa shape index (κ1) is 29.4. The third kappa shape index (κ3) is 5.25. The Labute approximate surface area is 298 Å². The van der Waals surface area contributed by atoms with Gasteiger partial charge in [0, 0.05) is 42.9 Å². The fourth-order valence-electron chi connectivity index (χ4n) is 6.82. The first-order chi connectivity index (χ1) is 25.2. The molecule has 1 aliphatic heterocycles. The minimum absolute atomic E-state index is 0.599. The van der Waals surface area contributed by atoms with Gasteiger partial charge in [0.1, 0.15) is 11.2 Å². The summed E-state index contributed by atoms with van der Waals surface area (Å²) in [5.41, 5.74) is 10.1. The second-order valence-corrected chi connectivity index (χ2v) is 13.6. The fourth-order valence-corrected chi connectivity index (χ4v) is 7.86. The highest BCUT2D eigenvalue weighted by Crippen LogP contribution is 2.52. The zero-order chi connectivity index (χ0) is 33.7. The molecule has 240 valence electrons. The van der Waals surface area contributed by atoms with Gasteiger partial charge < -0.3 is 9.32 Å². The van der Waals surface area contributed by atoms with Crippen LogP contribution >= 0.6 is 11.8 Å². The minimum atomic E-state index is 0.599. The lowest BCUT2D eigenvalue weighted by molar-refractivity contribution is 0.669. The molecule has 0 unspecified atom stereocenters. The van der Waals surface area contributed by atoms with Gasteiger partial charge in [0.05, 0.1) is 11.4 Å². The Morgan fingerprint density at radius 3 is 1.69 bits per heavy atom. The maximum atomic E-state index is 6.46. The quantitative estimate of drug-likeness (QED) is 0.181. The van der Waals surface area contributed by atoms with E-state index < -0.39 is 0 Å². The van der Waals surface area contributed by atoms with Crippen molar-refractivity contribution in [1.82, 2.24) is 15.0 Å². The van der Waals surface area contributed by atoms with Crippen molar-refractivity contribution in [2.75, 3.05) is 4.90 Å². The van der Waals surface area contributed by atoms with E-state index in [2.05, 4.69) is 108 Å². The van der Waals surface area contributed by atoms with E-state index in [1.54, 1.807) is 0 Å². The van der Waals surface area contributed by atoms with Gasteiger partial charge in [0.25, 0.3) is 0 Å². The van der Waals surface area contributed by atoms with Gasteiger partial charge in [-0.25, -0.2) is 15.0 Å². The lowest BCUT2D eigenvalue weighted by atomic mass is 10.0. The number of fused-ring (bicyclic) bond motifs is 5. The molecule has 7 aromatic carbocycles. The molecule has 0 spiro atoms. The van der Waals surface area contributed by atoms with Crippen molar-refractivity contribution < 1.29 is 4.42 Å². The topological polar surface area (TPSA) is 55.1 Å². The van der Waals surface area contributed by atoms with E-state index in [4.69, 9.17) is 19.4 Å². The second kappa shape index (κ2) is 12.1. The van der Waals surface area contributed by atoms with E-state index in [0.29, 0.717) is 17.5 Å². The summed E-state index contributed by atoms with van der Waals surface area (Å²) in [5.74, 6) is 1.86. The molecule has 51 heavy (non-hydrogen) atoms. The molecule has 1 aliphatic rings. The number of aromatic nitrogens is 3. The molecule has 2 aromatic heterocycles. The lowest BCUT2D eigenvalue weighted by Crippen LogP contribution is -2.14. The molecule has 0 atom stereocenters. The van der Waals surface area contributed by atoms with Crippen LogP contribution in [-0.2, 0) is 0 Å². The number of hydrogen-bond donors (Lipinski definition) is 0. The minimum Gasteiger partial charge on any atom is -0.456 e. The van der Waals surface area contributed by atoms with E-state index in [9.17, 15) is 0 Å². The van der Waals surface area contributed by atoms with Crippen LogP contribution in [0.1, 0.15) is 0 Å². The molecule has 0 bridgehead atoms. The first-order valence-electron chi connectivity index (χ1n) is 16.9. The summed E-state index contributed by atoms with van der Waals surface area (Å²) in [5, 5.41) is 2.11. The van der Waals surface area contributed by atoms with Gasteiger partial charge in [0.2, 0.25) is 0 Å². The Kier molecular flexibility index (Phi) is 6.99. The van der Waals surface area contributed by atoms with Gasteiger partial charge in [-0.05, 0) is 71.8 Å². The Bertz CT molecular complexity index is 2670. The number of anilines is 3. The summed E-state index contributed by atoms with van der Waals surface area (Å²) in [6, 6.07) is 58.7. The van der Waals surface area contributed by atoms with Crippen LogP contribution in [0.15, 0.2) is 184 Å². The Morgan fingerprint density at radius 2 is 0.961 bits per heavy atom. The summed E-state index contributed by atoms with van der Waals surface area (Å²) in [4.78, 5) is 19.5. The molecular formula is C45H28N4OS. The van der Waals surface area contributed by atoms with Gasteiger partial charge in [-0.15, -0.1) is 0 Å². The molecule has 0 saturated carbocycles. The average Bonchev–Trinajstić information content (AvgIpc) is 3.58. The molecule has 0 aliphatic carbocycles. The molecule has 10 rings (SSSR count).